The number of ether oxygens (including phenoxy) is 1. The first-order chi connectivity index (χ1) is 19.6. The van der Waals surface area contributed by atoms with Gasteiger partial charge in [0.05, 0.1) is 11.5 Å². The third-order valence-electron chi connectivity index (χ3n) is 6.37. The molecule has 0 aliphatic carbocycles. The first kappa shape index (κ1) is 43.8. The fourth-order valence-corrected chi connectivity index (χ4v) is 2.94. The molecule has 0 heterocycles. The second-order valence-electron chi connectivity index (χ2n) is 10.1. The van der Waals surface area contributed by atoms with E-state index >= 15 is 0 Å². The van der Waals surface area contributed by atoms with E-state index < -0.39 is 95.9 Å². The maximum absolute atomic E-state index is 14.0. The minimum absolute atomic E-state index is 0.111. The Balaban J connectivity index is 6.94. The fraction of sp³-hybridized carbons (Fsp3) is 0.950. The van der Waals surface area contributed by atoms with E-state index in [1.807, 2.05) is 0 Å². The van der Waals surface area contributed by atoms with Crippen LogP contribution in [-0.4, -0.2) is 89.2 Å². The number of hydrogen-bond acceptors (Lipinski definition) is 3. The van der Waals surface area contributed by atoms with Crippen molar-refractivity contribution in [3.05, 3.63) is 0 Å². The van der Waals surface area contributed by atoms with Gasteiger partial charge in [0.15, 0.2) is 0 Å². The van der Waals surface area contributed by atoms with Crippen LogP contribution in [0.4, 0.5) is 101 Å². The quantitative estimate of drug-likeness (QED) is 0.143. The van der Waals surface area contributed by atoms with Gasteiger partial charge in [-0.05, 0) is 20.3 Å². The Labute approximate surface area is 240 Å². The molecule has 0 spiro atoms. The first-order valence-electron chi connectivity index (χ1n) is 11.3. The van der Waals surface area contributed by atoms with Crippen LogP contribution in [0.25, 0.3) is 0 Å². The molecule has 3 nitrogen and oxygen atoms in total. The fourth-order valence-electron chi connectivity index (χ4n) is 2.94. The van der Waals surface area contributed by atoms with Gasteiger partial charge in [0.1, 0.15) is 6.61 Å². The average molecular weight is 742 g/mol. The Morgan fingerprint density at radius 2 is 0.826 bits per heavy atom. The lowest BCUT2D eigenvalue weighted by molar-refractivity contribution is -0.481. The van der Waals surface area contributed by atoms with Crippen molar-refractivity contribution >= 4 is 5.97 Å². The van der Waals surface area contributed by atoms with Crippen molar-refractivity contribution in [1.82, 2.24) is 0 Å². The average Bonchev–Trinajstić information content (AvgIpc) is 2.83. The number of aliphatic hydroxyl groups is 1. The number of carbonyl (C=O) groups excluding carboxylic acids is 1. The van der Waals surface area contributed by atoms with Gasteiger partial charge in [-0.1, -0.05) is 6.92 Å². The number of esters is 1. The highest BCUT2D eigenvalue weighted by Gasteiger charge is 3.00. The van der Waals surface area contributed by atoms with Gasteiger partial charge in [-0.25, -0.2) is 4.39 Å². The third kappa shape index (κ3) is 6.11. The SMILES string of the molecule is CCC(C)(C)C(=O)OCC(O)CC(F)(F)C(F)(F)C(F)(F)C(F)(F)C(F)(F)C(F)(F)C(F)(F)C(F)(F)C(F)(C(F)(F)F)C(F)(F)F. The summed E-state index contributed by atoms with van der Waals surface area (Å²) in [5, 5.41) is 9.30. The molecule has 0 aromatic heterocycles. The number of rotatable bonds is 14. The highest BCUT2D eigenvalue weighted by Crippen LogP contribution is 2.68. The lowest BCUT2D eigenvalue weighted by Crippen LogP contribution is -2.79. The van der Waals surface area contributed by atoms with E-state index in [9.17, 15) is 111 Å². The monoisotopic (exact) mass is 742 g/mol. The Bertz CT molecular complexity index is 1070. The van der Waals surface area contributed by atoms with Crippen LogP contribution in [0.1, 0.15) is 33.6 Å². The van der Waals surface area contributed by atoms with Crippen molar-refractivity contribution in [2.45, 2.75) is 105 Å². The molecule has 1 unspecified atom stereocenters. The number of halogens is 23. The minimum atomic E-state index is -9.55. The second kappa shape index (κ2) is 11.8. The van der Waals surface area contributed by atoms with Crippen LogP contribution in [-0.2, 0) is 9.53 Å². The van der Waals surface area contributed by atoms with Gasteiger partial charge in [-0.2, -0.15) is 96.6 Å². The maximum Gasteiger partial charge on any atom is 0.438 e. The zero-order valence-electron chi connectivity index (χ0n) is 22.2. The van der Waals surface area contributed by atoms with Gasteiger partial charge >= 0.3 is 71.4 Å². The largest absolute Gasteiger partial charge is 0.463 e. The zero-order valence-corrected chi connectivity index (χ0v) is 22.2. The molecular formula is C20H17F23O3. The molecule has 0 radical (unpaired) electrons. The van der Waals surface area contributed by atoms with Crippen molar-refractivity contribution in [2.75, 3.05) is 6.61 Å². The smallest absolute Gasteiger partial charge is 0.438 e. The topological polar surface area (TPSA) is 46.5 Å². The van der Waals surface area contributed by atoms with Gasteiger partial charge in [0.25, 0.3) is 0 Å². The highest BCUT2D eigenvalue weighted by atomic mass is 19.4. The summed E-state index contributed by atoms with van der Waals surface area (Å²) in [4.78, 5) is 11.7. The number of aliphatic hydroxyl groups excluding tert-OH is 1. The predicted octanol–water partition coefficient (Wildman–Crippen LogP) is 8.63. The van der Waals surface area contributed by atoms with Crippen LogP contribution < -0.4 is 0 Å². The molecule has 26 heteroatoms. The molecule has 0 saturated carbocycles. The summed E-state index contributed by atoms with van der Waals surface area (Å²) in [6.07, 6.45) is -23.9. The van der Waals surface area contributed by atoms with Crippen LogP contribution >= 0.6 is 0 Å². The second-order valence-corrected chi connectivity index (χ2v) is 10.1. The zero-order chi connectivity index (χ0) is 38.0. The molecule has 1 N–H and O–H groups in total. The van der Waals surface area contributed by atoms with Gasteiger partial charge in [-0.3, -0.25) is 4.79 Å². The van der Waals surface area contributed by atoms with Crippen LogP contribution in [0.5, 0.6) is 0 Å². The van der Waals surface area contributed by atoms with E-state index in [2.05, 4.69) is 4.74 Å². The molecule has 0 aromatic carbocycles. The third-order valence-corrected chi connectivity index (χ3v) is 6.37. The van der Waals surface area contributed by atoms with E-state index in [0.29, 0.717) is 0 Å². The maximum atomic E-state index is 14.0. The Hall–Kier alpha value is -2.18. The Kier molecular flexibility index (Phi) is 11.2. The predicted molar refractivity (Wildman–Crippen MR) is 101 cm³/mol. The molecule has 0 aliphatic heterocycles. The van der Waals surface area contributed by atoms with Crippen LogP contribution in [0.2, 0.25) is 0 Å². The molecular weight excluding hydrogens is 725 g/mol. The lowest BCUT2D eigenvalue weighted by atomic mass is 9.82. The molecule has 1 atom stereocenters. The van der Waals surface area contributed by atoms with E-state index in [0.717, 1.165) is 13.8 Å². The van der Waals surface area contributed by atoms with Gasteiger partial charge in [0.2, 0.25) is 0 Å². The summed E-state index contributed by atoms with van der Waals surface area (Å²) >= 11 is 0. The molecule has 0 saturated heterocycles. The van der Waals surface area contributed by atoms with Crippen LogP contribution in [0.15, 0.2) is 0 Å². The molecule has 0 amide bonds. The van der Waals surface area contributed by atoms with Crippen LogP contribution in [0, 0.1) is 5.41 Å². The molecule has 0 bridgehead atoms. The molecule has 276 valence electrons. The Morgan fingerprint density at radius 1 is 0.543 bits per heavy atom. The van der Waals surface area contributed by atoms with Gasteiger partial charge in [0, 0.05) is 6.42 Å². The molecule has 0 aliphatic rings. The van der Waals surface area contributed by atoms with Crippen molar-refractivity contribution in [3.8, 4) is 0 Å². The standard InChI is InChI=1S/C20H17F23O3/c1-4-9(2,3)8(45)46-6-7(44)5-10(21,22)12(24,25)14(28,29)16(32,33)18(36,37)17(34,35)15(30,31)13(26,27)11(23,19(38,39)40)20(41,42)43/h7,44H,4-6H2,1-3H3. The summed E-state index contributed by atoms with van der Waals surface area (Å²) in [6, 6.07) is 0. The van der Waals surface area contributed by atoms with Gasteiger partial charge < -0.3 is 9.84 Å². The summed E-state index contributed by atoms with van der Waals surface area (Å²) in [6.45, 7) is 1.59. The van der Waals surface area contributed by atoms with Crippen molar-refractivity contribution in [3.63, 3.8) is 0 Å². The first-order valence-corrected chi connectivity index (χ1v) is 11.3. The minimum Gasteiger partial charge on any atom is -0.463 e. The van der Waals surface area contributed by atoms with E-state index in [1.54, 1.807) is 0 Å². The van der Waals surface area contributed by atoms with E-state index in [4.69, 9.17) is 0 Å². The Morgan fingerprint density at radius 3 is 1.11 bits per heavy atom. The highest BCUT2D eigenvalue weighted by molar-refractivity contribution is 5.75. The summed E-state index contributed by atoms with van der Waals surface area (Å²) in [5.41, 5.74) is -10.6. The van der Waals surface area contributed by atoms with Crippen molar-refractivity contribution in [2.24, 2.45) is 5.41 Å². The van der Waals surface area contributed by atoms with Crippen molar-refractivity contribution in [1.29, 1.82) is 0 Å². The molecule has 0 aromatic rings. The summed E-state index contributed by atoms with van der Waals surface area (Å²) < 4.78 is 314. The summed E-state index contributed by atoms with van der Waals surface area (Å²) in [7, 11) is 0. The number of hydrogen-bond donors (Lipinski definition) is 1. The number of carbonyl (C=O) groups is 1. The molecule has 46 heavy (non-hydrogen) atoms. The summed E-state index contributed by atoms with van der Waals surface area (Å²) in [5.74, 6) is -72.9. The van der Waals surface area contributed by atoms with Gasteiger partial charge in [-0.15, -0.1) is 0 Å². The van der Waals surface area contributed by atoms with E-state index in [1.165, 1.54) is 6.92 Å². The molecule has 0 rings (SSSR count). The number of alkyl halides is 23. The lowest BCUT2D eigenvalue weighted by Gasteiger charge is -2.46. The normalized spacial score (nSPS) is 16.8. The van der Waals surface area contributed by atoms with Crippen LogP contribution in [0.3, 0.4) is 0 Å². The van der Waals surface area contributed by atoms with Crippen molar-refractivity contribution < 1.29 is 116 Å². The van der Waals surface area contributed by atoms with E-state index in [-0.39, 0.29) is 6.42 Å². The molecule has 0 fully saturated rings.